The number of carbonyl (C=O) groups excluding carboxylic acids is 1. The van der Waals surface area contributed by atoms with Crippen molar-refractivity contribution in [1.82, 2.24) is 4.98 Å². The molecule has 0 aliphatic carbocycles. The number of benzene rings is 2. The Balaban J connectivity index is 1.83. The molecule has 1 aromatic heterocycles. The Kier molecular flexibility index (Phi) is 5.09. The number of anilines is 1. The second-order valence-corrected chi connectivity index (χ2v) is 5.76. The minimum absolute atomic E-state index is 0.105. The average Bonchev–Trinajstić information content (AvgIpc) is 2.62. The summed E-state index contributed by atoms with van der Waals surface area (Å²) in [5, 5.41) is 23.4. The Morgan fingerprint density at radius 1 is 1.16 bits per heavy atom. The lowest BCUT2D eigenvalue weighted by Gasteiger charge is -2.16. The predicted octanol–water partition coefficient (Wildman–Crippen LogP) is 0.596. The van der Waals surface area contributed by atoms with Crippen molar-refractivity contribution in [1.29, 1.82) is 0 Å². The van der Waals surface area contributed by atoms with Crippen LogP contribution in [0.25, 0.3) is 10.8 Å². The molecule has 0 aliphatic rings. The van der Waals surface area contributed by atoms with E-state index in [0.717, 1.165) is 10.8 Å². The molecule has 1 amide bonds. The maximum atomic E-state index is 12.6. The standard InChI is InChI=1S/C18H18BN3O3/c20-10-17(13-2-1-3-15(8-13)19(24)25)18(23)22-16-5-4-14-11-21-7-6-12(14)9-16/h1-9,11,17,24-25H,10,20H2,(H,22,23). The first-order chi connectivity index (χ1) is 12.1. The van der Waals surface area contributed by atoms with Crippen LogP contribution in [0.3, 0.4) is 0 Å². The van der Waals surface area contributed by atoms with E-state index in [2.05, 4.69) is 10.3 Å². The predicted molar refractivity (Wildman–Crippen MR) is 98.4 cm³/mol. The maximum absolute atomic E-state index is 12.6. The third-order valence-corrected chi connectivity index (χ3v) is 4.07. The highest BCUT2D eigenvalue weighted by atomic mass is 16.4. The van der Waals surface area contributed by atoms with Crippen LogP contribution in [0.4, 0.5) is 5.69 Å². The number of amides is 1. The number of fused-ring (bicyclic) bond motifs is 1. The van der Waals surface area contributed by atoms with E-state index in [1.165, 1.54) is 0 Å². The first-order valence-corrected chi connectivity index (χ1v) is 7.89. The number of aromatic nitrogens is 1. The summed E-state index contributed by atoms with van der Waals surface area (Å²) in [4.78, 5) is 16.7. The van der Waals surface area contributed by atoms with E-state index in [-0.39, 0.29) is 12.5 Å². The molecule has 6 nitrogen and oxygen atoms in total. The molecule has 7 heteroatoms. The molecule has 1 heterocycles. The number of hydrogen-bond donors (Lipinski definition) is 4. The third-order valence-electron chi connectivity index (χ3n) is 4.07. The molecule has 25 heavy (non-hydrogen) atoms. The van der Waals surface area contributed by atoms with Gasteiger partial charge in [-0.25, -0.2) is 0 Å². The van der Waals surface area contributed by atoms with Crippen LogP contribution in [-0.2, 0) is 4.79 Å². The average molecular weight is 335 g/mol. The molecule has 0 radical (unpaired) electrons. The van der Waals surface area contributed by atoms with E-state index in [9.17, 15) is 14.8 Å². The van der Waals surface area contributed by atoms with Crippen LogP contribution in [0.1, 0.15) is 11.5 Å². The molecule has 1 unspecified atom stereocenters. The molecule has 0 bridgehead atoms. The van der Waals surface area contributed by atoms with Gasteiger partial charge in [0.05, 0.1) is 5.92 Å². The van der Waals surface area contributed by atoms with Crippen molar-refractivity contribution in [2.45, 2.75) is 5.92 Å². The molecular weight excluding hydrogens is 317 g/mol. The van der Waals surface area contributed by atoms with Gasteiger partial charge in [-0.05, 0) is 34.6 Å². The Morgan fingerprint density at radius 3 is 2.76 bits per heavy atom. The van der Waals surface area contributed by atoms with Crippen LogP contribution in [0.5, 0.6) is 0 Å². The smallest absolute Gasteiger partial charge is 0.423 e. The Hall–Kier alpha value is -2.74. The van der Waals surface area contributed by atoms with Gasteiger partial charge in [-0.15, -0.1) is 0 Å². The molecular formula is C18H18BN3O3. The summed E-state index contributed by atoms with van der Waals surface area (Å²) in [6, 6.07) is 14.0. The maximum Gasteiger partial charge on any atom is 0.488 e. The van der Waals surface area contributed by atoms with Crippen LogP contribution < -0.4 is 16.5 Å². The second-order valence-electron chi connectivity index (χ2n) is 5.76. The first kappa shape index (κ1) is 17.1. The minimum Gasteiger partial charge on any atom is -0.423 e. The monoisotopic (exact) mass is 335 g/mol. The fraction of sp³-hybridized carbons (Fsp3) is 0.111. The van der Waals surface area contributed by atoms with Crippen LogP contribution >= 0.6 is 0 Å². The molecule has 5 N–H and O–H groups in total. The van der Waals surface area contributed by atoms with E-state index < -0.39 is 13.0 Å². The number of nitrogens with two attached hydrogens (primary N) is 1. The summed E-state index contributed by atoms with van der Waals surface area (Å²) in [6.07, 6.45) is 3.46. The quantitative estimate of drug-likeness (QED) is 0.511. The Morgan fingerprint density at radius 2 is 2.00 bits per heavy atom. The van der Waals surface area contributed by atoms with Crippen molar-refractivity contribution in [2.24, 2.45) is 5.73 Å². The van der Waals surface area contributed by atoms with Gasteiger partial charge < -0.3 is 21.1 Å². The number of carbonyl (C=O) groups is 1. The molecule has 0 fully saturated rings. The van der Waals surface area contributed by atoms with Gasteiger partial charge in [-0.3, -0.25) is 9.78 Å². The summed E-state index contributed by atoms with van der Waals surface area (Å²) in [6.45, 7) is 0.105. The van der Waals surface area contributed by atoms with Crippen molar-refractivity contribution < 1.29 is 14.8 Å². The van der Waals surface area contributed by atoms with Gasteiger partial charge in [0.1, 0.15) is 0 Å². The Labute approximate surface area is 145 Å². The lowest BCUT2D eigenvalue weighted by atomic mass is 9.78. The van der Waals surface area contributed by atoms with Crippen LogP contribution in [0.2, 0.25) is 0 Å². The minimum atomic E-state index is -1.59. The van der Waals surface area contributed by atoms with Crippen molar-refractivity contribution in [2.75, 3.05) is 11.9 Å². The summed E-state index contributed by atoms with van der Waals surface area (Å²) >= 11 is 0. The molecule has 3 aromatic rings. The molecule has 0 aliphatic heterocycles. The van der Waals surface area contributed by atoms with Crippen LogP contribution in [0, 0.1) is 0 Å². The SMILES string of the molecule is NCC(C(=O)Nc1ccc2cnccc2c1)c1cccc(B(O)O)c1. The normalized spacial score (nSPS) is 12.0. The van der Waals surface area contributed by atoms with Crippen LogP contribution in [-0.4, -0.2) is 34.6 Å². The number of rotatable bonds is 5. The summed E-state index contributed by atoms with van der Waals surface area (Å²) in [7, 11) is -1.59. The summed E-state index contributed by atoms with van der Waals surface area (Å²) in [5.41, 5.74) is 7.41. The number of hydrogen-bond acceptors (Lipinski definition) is 5. The summed E-state index contributed by atoms with van der Waals surface area (Å²) < 4.78 is 0. The van der Waals surface area contributed by atoms with E-state index in [0.29, 0.717) is 16.7 Å². The van der Waals surface area contributed by atoms with Crippen molar-refractivity contribution >= 4 is 34.9 Å². The van der Waals surface area contributed by atoms with Gasteiger partial charge in [0, 0.05) is 30.0 Å². The number of pyridine rings is 1. The molecule has 0 spiro atoms. The van der Waals surface area contributed by atoms with Gasteiger partial charge in [0.2, 0.25) is 5.91 Å². The van der Waals surface area contributed by atoms with Gasteiger partial charge in [0.25, 0.3) is 0 Å². The zero-order valence-corrected chi connectivity index (χ0v) is 13.5. The van der Waals surface area contributed by atoms with Crippen LogP contribution in [0.15, 0.2) is 60.9 Å². The molecule has 0 saturated heterocycles. The molecule has 0 saturated carbocycles. The van der Waals surface area contributed by atoms with E-state index in [1.54, 1.807) is 36.7 Å². The molecule has 126 valence electrons. The molecule has 2 aromatic carbocycles. The summed E-state index contributed by atoms with van der Waals surface area (Å²) in [5.74, 6) is -0.840. The van der Waals surface area contributed by atoms with E-state index >= 15 is 0 Å². The number of nitrogens with one attached hydrogen (secondary N) is 1. The molecule has 3 rings (SSSR count). The zero-order valence-electron chi connectivity index (χ0n) is 13.5. The fourth-order valence-corrected chi connectivity index (χ4v) is 2.72. The highest BCUT2D eigenvalue weighted by Crippen LogP contribution is 2.21. The number of nitrogens with zero attached hydrogens (tertiary/aromatic N) is 1. The lowest BCUT2D eigenvalue weighted by Crippen LogP contribution is -2.32. The van der Waals surface area contributed by atoms with Gasteiger partial charge in [-0.2, -0.15) is 0 Å². The van der Waals surface area contributed by atoms with Crippen molar-refractivity contribution in [3.8, 4) is 0 Å². The molecule has 1 atom stereocenters. The first-order valence-electron chi connectivity index (χ1n) is 7.89. The van der Waals surface area contributed by atoms with Gasteiger partial charge >= 0.3 is 7.12 Å². The van der Waals surface area contributed by atoms with E-state index in [4.69, 9.17) is 5.73 Å². The second kappa shape index (κ2) is 7.44. The highest BCUT2D eigenvalue weighted by molar-refractivity contribution is 6.58. The van der Waals surface area contributed by atoms with Gasteiger partial charge in [0.15, 0.2) is 0 Å². The third kappa shape index (κ3) is 3.85. The van der Waals surface area contributed by atoms with Crippen molar-refractivity contribution in [3.05, 3.63) is 66.5 Å². The van der Waals surface area contributed by atoms with Crippen molar-refractivity contribution in [3.63, 3.8) is 0 Å². The largest absolute Gasteiger partial charge is 0.488 e. The van der Waals surface area contributed by atoms with Gasteiger partial charge in [-0.1, -0.05) is 30.3 Å². The Bertz CT molecular complexity index is 901. The van der Waals surface area contributed by atoms with E-state index in [1.807, 2.05) is 24.3 Å². The topological polar surface area (TPSA) is 108 Å². The highest BCUT2D eigenvalue weighted by Gasteiger charge is 2.21. The fourth-order valence-electron chi connectivity index (χ4n) is 2.72. The lowest BCUT2D eigenvalue weighted by molar-refractivity contribution is -0.117. The zero-order chi connectivity index (χ0) is 17.8.